The number of aryl methyl sites for hydroxylation is 8. The molecule has 0 bridgehead atoms. The summed E-state index contributed by atoms with van der Waals surface area (Å²) in [7, 11) is 0. The monoisotopic (exact) mass is 950 g/mol. The lowest BCUT2D eigenvalue weighted by atomic mass is 9.96. The fraction of sp³-hybridized carbons (Fsp3) is 0.114. The molecule has 0 unspecified atom stereocenters. The van der Waals surface area contributed by atoms with Crippen LogP contribution in [0.4, 0.5) is 0 Å². The SMILES string of the molecule is Cc1ccc(-c2ccc3c4ccc(-c5ccc(C)cc5C)cc4n(-c4cc(-c5ccc(C#N)c(-n6c7cc(-c8ccc(C)cc8C)ccc7c7ccc(-c8ccc(C)cc8C)cc76)c5)ccc4C#N)c3c2)c(C)c1. The second-order valence-electron chi connectivity index (χ2n) is 20.6. The molecule has 0 saturated heterocycles. The number of benzene rings is 10. The first-order valence-electron chi connectivity index (χ1n) is 25.4. The molecule has 10 aromatic carbocycles. The minimum Gasteiger partial charge on any atom is -0.308 e. The largest absolute Gasteiger partial charge is 0.308 e. The lowest BCUT2D eigenvalue weighted by molar-refractivity contribution is 1.16. The Bertz CT molecular complexity index is 3920. The number of nitrogens with zero attached hydrogens (tertiary/aromatic N) is 4. The Morgan fingerprint density at radius 2 is 0.527 bits per heavy atom. The first-order valence-corrected chi connectivity index (χ1v) is 25.4. The molecule has 0 fully saturated rings. The number of fused-ring (bicyclic) bond motifs is 6. The quantitative estimate of drug-likeness (QED) is 0.160. The van der Waals surface area contributed by atoms with Crippen LogP contribution in [0.1, 0.15) is 55.6 Å². The van der Waals surface area contributed by atoms with Crippen LogP contribution in [-0.4, -0.2) is 9.13 Å². The molecule has 0 atom stereocenters. The Morgan fingerprint density at radius 3 is 0.770 bits per heavy atom. The van der Waals surface area contributed by atoms with Gasteiger partial charge in [0.25, 0.3) is 0 Å². The smallest absolute Gasteiger partial charge is 0.101 e. The molecule has 12 rings (SSSR count). The van der Waals surface area contributed by atoms with Crippen molar-refractivity contribution >= 4 is 43.6 Å². The molecule has 4 nitrogen and oxygen atoms in total. The average Bonchev–Trinajstić information content (AvgIpc) is 3.89. The van der Waals surface area contributed by atoms with E-state index in [-0.39, 0.29) is 0 Å². The summed E-state index contributed by atoms with van der Waals surface area (Å²) in [5.74, 6) is 0. The maximum Gasteiger partial charge on any atom is 0.101 e. The number of aromatic nitrogens is 2. The maximum atomic E-state index is 11.0. The van der Waals surface area contributed by atoms with Crippen molar-refractivity contribution < 1.29 is 0 Å². The molecule has 2 heterocycles. The molecular weight excluding hydrogens is 897 g/mol. The Hall–Kier alpha value is -9.22. The molecule has 0 saturated carbocycles. The fourth-order valence-electron chi connectivity index (χ4n) is 11.8. The van der Waals surface area contributed by atoms with Crippen molar-refractivity contribution in [3.05, 3.63) is 238 Å². The zero-order chi connectivity index (χ0) is 51.1. The van der Waals surface area contributed by atoms with Crippen LogP contribution < -0.4 is 0 Å². The second-order valence-corrected chi connectivity index (χ2v) is 20.6. The highest BCUT2D eigenvalue weighted by Crippen LogP contribution is 2.43. The molecule has 2 aromatic heterocycles. The number of hydrogen-bond donors (Lipinski definition) is 0. The molecule has 0 spiro atoms. The summed E-state index contributed by atoms with van der Waals surface area (Å²) < 4.78 is 4.60. The van der Waals surface area contributed by atoms with Gasteiger partial charge in [-0.2, -0.15) is 10.5 Å². The molecular formula is C70H54N4. The van der Waals surface area contributed by atoms with E-state index in [9.17, 15) is 10.5 Å². The highest BCUT2D eigenvalue weighted by Gasteiger charge is 2.22. The third-order valence-electron chi connectivity index (χ3n) is 15.4. The van der Waals surface area contributed by atoms with Gasteiger partial charge in [0, 0.05) is 21.5 Å². The fourth-order valence-corrected chi connectivity index (χ4v) is 11.8. The van der Waals surface area contributed by atoms with Gasteiger partial charge >= 0.3 is 0 Å². The van der Waals surface area contributed by atoms with Crippen molar-refractivity contribution in [2.45, 2.75) is 55.4 Å². The van der Waals surface area contributed by atoms with Crippen LogP contribution in [0.2, 0.25) is 0 Å². The van der Waals surface area contributed by atoms with Crippen molar-refractivity contribution in [2.75, 3.05) is 0 Å². The summed E-state index contributed by atoms with van der Waals surface area (Å²) in [5, 5.41) is 26.5. The Kier molecular flexibility index (Phi) is 11.0. The highest BCUT2D eigenvalue weighted by atomic mass is 15.0. The van der Waals surface area contributed by atoms with E-state index in [0.29, 0.717) is 11.1 Å². The lowest BCUT2D eigenvalue weighted by Gasteiger charge is -2.16. The van der Waals surface area contributed by atoms with Crippen LogP contribution in [0.15, 0.2) is 182 Å². The molecule has 0 amide bonds. The van der Waals surface area contributed by atoms with E-state index in [1.54, 1.807) is 0 Å². The molecule has 0 radical (unpaired) electrons. The number of hydrogen-bond acceptors (Lipinski definition) is 2. The van der Waals surface area contributed by atoms with E-state index >= 15 is 0 Å². The van der Waals surface area contributed by atoms with Crippen molar-refractivity contribution in [3.8, 4) is 79.1 Å². The first kappa shape index (κ1) is 45.9. The second kappa shape index (κ2) is 17.8. The molecule has 0 aliphatic heterocycles. The van der Waals surface area contributed by atoms with Crippen LogP contribution in [0.3, 0.4) is 0 Å². The van der Waals surface area contributed by atoms with Crippen molar-refractivity contribution in [1.82, 2.24) is 9.13 Å². The summed E-state index contributed by atoms with van der Waals surface area (Å²) in [6.07, 6.45) is 0. The summed E-state index contributed by atoms with van der Waals surface area (Å²) in [4.78, 5) is 0. The van der Waals surface area contributed by atoms with Gasteiger partial charge in [0.1, 0.15) is 12.1 Å². The van der Waals surface area contributed by atoms with Crippen molar-refractivity contribution in [1.29, 1.82) is 10.5 Å². The van der Waals surface area contributed by atoms with Gasteiger partial charge in [-0.3, -0.25) is 0 Å². The van der Waals surface area contributed by atoms with E-state index in [2.05, 4.69) is 234 Å². The lowest BCUT2D eigenvalue weighted by Crippen LogP contribution is -2.01. The van der Waals surface area contributed by atoms with E-state index < -0.39 is 0 Å². The number of nitriles is 2. The van der Waals surface area contributed by atoms with Crippen LogP contribution in [0.25, 0.3) is 111 Å². The highest BCUT2D eigenvalue weighted by molar-refractivity contribution is 6.13. The van der Waals surface area contributed by atoms with Gasteiger partial charge in [-0.05, 0) is 182 Å². The molecule has 12 aromatic rings. The summed E-state index contributed by atoms with van der Waals surface area (Å²) in [6.45, 7) is 17.2. The zero-order valence-electron chi connectivity index (χ0n) is 43.1. The van der Waals surface area contributed by atoms with E-state index in [0.717, 1.165) is 88.4 Å². The molecule has 354 valence electrons. The zero-order valence-corrected chi connectivity index (χ0v) is 43.1. The summed E-state index contributed by atoms with van der Waals surface area (Å²) in [6, 6.07) is 71.1. The summed E-state index contributed by atoms with van der Waals surface area (Å²) >= 11 is 0. The van der Waals surface area contributed by atoms with Gasteiger partial charge in [-0.25, -0.2) is 0 Å². The standard InChI is InChI=1S/C70H54N4/c1-41-9-21-57(45(5)29-41)51-17-25-61-62-26-18-52(58-22-10-42(2)30-46(58)6)36-68(62)73(67(61)35-51)65-33-49(13-15-55(65)39-71)50-14-16-56(40-72)66(34-50)74-69-37-53(59-23-11-43(3)31-47(59)7)19-27-63(69)64-28-20-54(38-70(64)74)60-24-12-44(4)32-48(60)8/h9-38H,1-8H3. The molecule has 0 aliphatic rings. The molecule has 0 aliphatic carbocycles. The summed E-state index contributed by atoms with van der Waals surface area (Å²) in [5.41, 5.74) is 27.6. The molecule has 74 heavy (non-hydrogen) atoms. The van der Waals surface area contributed by atoms with E-state index in [4.69, 9.17) is 0 Å². The van der Waals surface area contributed by atoms with Crippen LogP contribution in [-0.2, 0) is 0 Å². The van der Waals surface area contributed by atoms with Crippen LogP contribution in [0.5, 0.6) is 0 Å². The van der Waals surface area contributed by atoms with E-state index in [1.807, 2.05) is 24.3 Å². The normalized spacial score (nSPS) is 11.5. The van der Waals surface area contributed by atoms with E-state index in [1.165, 1.54) is 66.8 Å². The van der Waals surface area contributed by atoms with Gasteiger partial charge < -0.3 is 9.13 Å². The topological polar surface area (TPSA) is 57.4 Å². The van der Waals surface area contributed by atoms with Crippen molar-refractivity contribution in [3.63, 3.8) is 0 Å². The predicted octanol–water partition coefficient (Wildman–Crippen LogP) is 18.4. The van der Waals surface area contributed by atoms with Gasteiger partial charge in [-0.15, -0.1) is 0 Å². The Labute approximate surface area is 433 Å². The van der Waals surface area contributed by atoms with Gasteiger partial charge in [0.2, 0.25) is 0 Å². The number of rotatable bonds is 7. The third kappa shape index (κ3) is 7.67. The van der Waals surface area contributed by atoms with Crippen LogP contribution in [0, 0.1) is 78.1 Å². The molecule has 4 heteroatoms. The van der Waals surface area contributed by atoms with Crippen molar-refractivity contribution in [2.24, 2.45) is 0 Å². The third-order valence-corrected chi connectivity index (χ3v) is 15.4. The predicted molar refractivity (Wildman–Crippen MR) is 310 cm³/mol. The van der Waals surface area contributed by atoms with Crippen LogP contribution >= 0.6 is 0 Å². The minimum absolute atomic E-state index is 0.565. The first-order chi connectivity index (χ1) is 35.8. The van der Waals surface area contributed by atoms with Gasteiger partial charge in [-0.1, -0.05) is 156 Å². The Morgan fingerprint density at radius 1 is 0.270 bits per heavy atom. The van der Waals surface area contributed by atoms with Gasteiger partial charge in [0.15, 0.2) is 0 Å². The Balaban J connectivity index is 1.10. The minimum atomic E-state index is 0.565. The maximum absolute atomic E-state index is 11.0. The van der Waals surface area contributed by atoms with Gasteiger partial charge in [0.05, 0.1) is 44.6 Å². The molecule has 0 N–H and O–H groups in total. The average molecular weight is 951 g/mol.